The van der Waals surface area contributed by atoms with Gasteiger partial charge in [0.05, 0.1) is 22.7 Å². The van der Waals surface area contributed by atoms with Crippen LogP contribution in [0.15, 0.2) is 54.9 Å². The number of anilines is 1. The van der Waals surface area contributed by atoms with Gasteiger partial charge in [-0.1, -0.05) is 30.3 Å². The van der Waals surface area contributed by atoms with E-state index < -0.39 is 10.3 Å². The minimum Gasteiger partial charge on any atom is -0.398 e. The predicted octanol–water partition coefficient (Wildman–Crippen LogP) is 1.86. The lowest BCUT2D eigenvalue weighted by molar-refractivity contribution is 0.627. The molecule has 3 N–H and O–H groups in total. The zero-order valence-corrected chi connectivity index (χ0v) is 11.3. The summed E-state index contributed by atoms with van der Waals surface area (Å²) < 4.78 is 20.4. The van der Waals surface area contributed by atoms with Crippen molar-refractivity contribution < 1.29 is 8.42 Å². The molecule has 6 heteroatoms. The van der Waals surface area contributed by atoms with Crippen molar-refractivity contribution in [3.8, 4) is 0 Å². The quantitative estimate of drug-likeness (QED) is 0.528. The maximum absolute atomic E-state index is 10.2. The highest BCUT2D eigenvalue weighted by atomic mass is 32.2. The number of nitrogens with one attached hydrogen (secondary N) is 1. The van der Waals surface area contributed by atoms with Gasteiger partial charge in [0.15, 0.2) is 0 Å². The Kier molecular flexibility index (Phi) is 4.52. The normalized spacial score (nSPS) is 9.60. The van der Waals surface area contributed by atoms with Crippen molar-refractivity contribution in [2.24, 2.45) is 0 Å². The van der Waals surface area contributed by atoms with Crippen molar-refractivity contribution in [2.75, 3.05) is 5.73 Å². The van der Waals surface area contributed by atoms with Gasteiger partial charge >= 0.3 is 0 Å². The number of H-pyrrole nitrogens is 1. The van der Waals surface area contributed by atoms with Crippen molar-refractivity contribution in [1.29, 1.82) is 0 Å². The fraction of sp³-hybridized carbons (Fsp3) is 0. The zero-order valence-electron chi connectivity index (χ0n) is 10.5. The molecular weight excluding hydrogens is 274 g/mol. The molecule has 20 heavy (non-hydrogen) atoms. The highest BCUT2D eigenvalue weighted by molar-refractivity contribution is 7.71. The average molecular weight is 287 g/mol. The third-order valence-corrected chi connectivity index (χ3v) is 2.99. The van der Waals surface area contributed by atoms with E-state index in [0.29, 0.717) is 11.3 Å². The first-order valence-corrected chi connectivity index (χ1v) is 6.96. The van der Waals surface area contributed by atoms with Crippen LogP contribution in [0.2, 0.25) is 0 Å². The van der Waals surface area contributed by atoms with Crippen molar-refractivity contribution in [2.45, 2.75) is 0 Å². The molecule has 1 aromatic heterocycles. The van der Waals surface area contributed by atoms with Gasteiger partial charge < -0.3 is 10.7 Å². The summed E-state index contributed by atoms with van der Waals surface area (Å²) in [5, 5.41) is 1.08. The number of benzene rings is 2. The molecule has 3 rings (SSSR count). The van der Waals surface area contributed by atoms with E-state index >= 15 is 0 Å². The van der Waals surface area contributed by atoms with Gasteiger partial charge in [-0.15, -0.1) is 0 Å². The monoisotopic (exact) mass is 287 g/mol. The zero-order chi connectivity index (χ0) is 14.4. The topological polar surface area (TPSA) is 88.8 Å². The summed E-state index contributed by atoms with van der Waals surface area (Å²) in [5.74, 6) is 0. The Morgan fingerprint density at radius 1 is 1.05 bits per heavy atom. The lowest BCUT2D eigenvalue weighted by atomic mass is 10.2. The predicted molar refractivity (Wildman–Crippen MR) is 81.0 cm³/mol. The fourth-order valence-corrected chi connectivity index (χ4v) is 2.02. The molecule has 0 unspecified atom stereocenters. The molecule has 2 aromatic carbocycles. The maximum Gasteiger partial charge on any atom is 0.214 e. The number of aromatic nitrogens is 2. The summed E-state index contributed by atoms with van der Waals surface area (Å²) in [6, 6.07) is 14.7. The van der Waals surface area contributed by atoms with E-state index in [1.54, 1.807) is 30.6 Å². The van der Waals surface area contributed by atoms with Crippen LogP contribution in [-0.4, -0.2) is 23.8 Å². The van der Waals surface area contributed by atoms with Gasteiger partial charge in [-0.3, -0.25) is 0 Å². The van der Waals surface area contributed by atoms with Crippen molar-refractivity contribution in [3.05, 3.63) is 60.4 Å². The molecule has 0 fully saturated rings. The van der Waals surface area contributed by atoms with Gasteiger partial charge in [0.2, 0.25) is 10.3 Å². The standard InChI is InChI=1S/C7H6N2.C7H7NO2S/c1-2-4-7-6(3-1)8-5-9-7;8-7-4-2-1-3-6(7)5-11(9)10/h1-5H,(H,8,9);1-5H,8H2. The van der Waals surface area contributed by atoms with Crippen LogP contribution in [0.5, 0.6) is 0 Å². The summed E-state index contributed by atoms with van der Waals surface area (Å²) in [6.45, 7) is 0. The second-order valence-electron chi connectivity index (χ2n) is 3.93. The van der Waals surface area contributed by atoms with E-state index in [-0.39, 0.29) is 0 Å². The first-order chi connectivity index (χ1) is 9.66. The van der Waals surface area contributed by atoms with Gasteiger partial charge in [-0.05, 0) is 18.2 Å². The molecule has 0 bridgehead atoms. The van der Waals surface area contributed by atoms with Crippen LogP contribution in [0.1, 0.15) is 5.56 Å². The second kappa shape index (κ2) is 6.53. The molecule has 0 spiro atoms. The van der Waals surface area contributed by atoms with E-state index in [0.717, 1.165) is 16.4 Å². The van der Waals surface area contributed by atoms with E-state index in [4.69, 9.17) is 5.73 Å². The highest BCUT2D eigenvalue weighted by Crippen LogP contribution is 2.06. The maximum atomic E-state index is 10.2. The molecule has 5 nitrogen and oxygen atoms in total. The van der Waals surface area contributed by atoms with Crippen LogP contribution in [0.25, 0.3) is 11.0 Å². The van der Waals surface area contributed by atoms with E-state index in [1.165, 1.54) is 0 Å². The number of fused-ring (bicyclic) bond motifs is 1. The highest BCUT2D eigenvalue weighted by Gasteiger charge is 1.91. The Hall–Kier alpha value is -2.60. The minimum absolute atomic E-state index is 0.469. The Morgan fingerprint density at radius 3 is 2.45 bits per heavy atom. The molecule has 1 heterocycles. The first-order valence-electron chi connectivity index (χ1n) is 5.82. The molecule has 0 aliphatic carbocycles. The van der Waals surface area contributed by atoms with Gasteiger partial charge in [-0.2, -0.15) is 8.42 Å². The van der Waals surface area contributed by atoms with Crippen LogP contribution < -0.4 is 5.73 Å². The molecule has 0 saturated heterocycles. The van der Waals surface area contributed by atoms with E-state index in [1.807, 2.05) is 24.3 Å². The van der Waals surface area contributed by atoms with Gasteiger partial charge in [0.25, 0.3) is 0 Å². The van der Waals surface area contributed by atoms with Gasteiger partial charge in [0.1, 0.15) is 0 Å². The summed E-state index contributed by atoms with van der Waals surface area (Å²) in [7, 11) is -2.18. The number of imidazole rings is 1. The Balaban J connectivity index is 0.000000149. The largest absolute Gasteiger partial charge is 0.398 e. The number of hydrogen-bond donors (Lipinski definition) is 2. The molecule has 102 valence electrons. The molecule has 0 amide bonds. The first kappa shape index (κ1) is 13.8. The number of nitrogens with two attached hydrogens (primary N) is 1. The summed E-state index contributed by atoms with van der Waals surface area (Å²) in [5.41, 5.74) is 8.58. The Labute approximate surface area is 117 Å². The summed E-state index contributed by atoms with van der Waals surface area (Å²) in [6.07, 6.45) is 1.70. The Morgan fingerprint density at radius 2 is 1.75 bits per heavy atom. The van der Waals surface area contributed by atoms with Crippen LogP contribution in [0, 0.1) is 0 Å². The van der Waals surface area contributed by atoms with Crippen molar-refractivity contribution in [3.63, 3.8) is 0 Å². The number of para-hydroxylation sites is 3. The molecule has 0 saturated carbocycles. The van der Waals surface area contributed by atoms with Crippen LogP contribution in [0.3, 0.4) is 0 Å². The van der Waals surface area contributed by atoms with Crippen molar-refractivity contribution >= 4 is 32.4 Å². The lowest BCUT2D eigenvalue weighted by Gasteiger charge is -1.94. The van der Waals surface area contributed by atoms with Gasteiger partial charge in [-0.25, -0.2) is 4.98 Å². The fourth-order valence-electron chi connectivity index (χ4n) is 1.60. The van der Waals surface area contributed by atoms with Crippen LogP contribution in [0.4, 0.5) is 5.69 Å². The van der Waals surface area contributed by atoms with Crippen molar-refractivity contribution in [1.82, 2.24) is 9.97 Å². The third kappa shape index (κ3) is 3.69. The number of nitrogen functional groups attached to an aromatic ring is 1. The third-order valence-electron chi connectivity index (χ3n) is 2.55. The van der Waals surface area contributed by atoms with Crippen LogP contribution >= 0.6 is 0 Å². The molecule has 0 radical (unpaired) electrons. The molecule has 0 atom stereocenters. The minimum atomic E-state index is -2.18. The summed E-state index contributed by atoms with van der Waals surface area (Å²) in [4.78, 5) is 7.07. The van der Waals surface area contributed by atoms with E-state index in [9.17, 15) is 8.42 Å². The molecule has 3 aromatic rings. The number of aromatic amines is 1. The lowest BCUT2D eigenvalue weighted by Crippen LogP contribution is -1.91. The van der Waals surface area contributed by atoms with Crippen LogP contribution in [-0.2, 0) is 10.3 Å². The molecule has 0 aliphatic rings. The Bertz CT molecular complexity index is 800. The van der Waals surface area contributed by atoms with E-state index in [2.05, 4.69) is 9.97 Å². The summed E-state index contributed by atoms with van der Waals surface area (Å²) >= 11 is 0. The molecular formula is C14H13N3O2S. The smallest absolute Gasteiger partial charge is 0.214 e. The number of nitrogens with zero attached hydrogens (tertiary/aromatic N) is 1. The number of hydrogen-bond acceptors (Lipinski definition) is 4. The second-order valence-corrected chi connectivity index (χ2v) is 4.68. The van der Waals surface area contributed by atoms with Gasteiger partial charge in [0, 0.05) is 11.3 Å². The number of rotatable bonds is 1. The average Bonchev–Trinajstić information content (AvgIpc) is 2.90. The SMILES string of the molecule is Nc1ccccc1C=S(=O)=O.c1ccc2[nH]cnc2c1. The molecule has 0 aliphatic heterocycles.